The van der Waals surface area contributed by atoms with E-state index in [1.165, 1.54) is 42.5 Å². The van der Waals surface area contributed by atoms with Crippen molar-refractivity contribution >= 4 is 40.7 Å². The van der Waals surface area contributed by atoms with Gasteiger partial charge in [-0.05, 0) is 36.4 Å². The van der Waals surface area contributed by atoms with E-state index >= 15 is 0 Å². The molecule has 0 unspecified atom stereocenters. The highest BCUT2D eigenvalue weighted by atomic mass is 35.5. The molecule has 0 saturated carbocycles. The van der Waals surface area contributed by atoms with Crippen molar-refractivity contribution < 1.29 is 18.8 Å². The van der Waals surface area contributed by atoms with Crippen LogP contribution in [0.25, 0.3) is 0 Å². The van der Waals surface area contributed by atoms with Gasteiger partial charge in [0.25, 0.3) is 5.91 Å². The van der Waals surface area contributed by atoms with Gasteiger partial charge in [-0.3, -0.25) is 19.3 Å². The minimum absolute atomic E-state index is 0.0264. The van der Waals surface area contributed by atoms with E-state index < -0.39 is 11.7 Å². The van der Waals surface area contributed by atoms with Gasteiger partial charge >= 0.3 is 0 Å². The lowest BCUT2D eigenvalue weighted by atomic mass is 10.1. The highest BCUT2D eigenvalue weighted by molar-refractivity contribution is 6.31. The van der Waals surface area contributed by atoms with E-state index in [1.807, 2.05) is 0 Å². The number of amides is 3. The monoisotopic (exact) mass is 346 g/mol. The maximum absolute atomic E-state index is 13.8. The third kappa shape index (κ3) is 3.00. The quantitative estimate of drug-likeness (QED) is 0.866. The maximum Gasteiger partial charge on any atom is 0.255 e. The molecule has 24 heavy (non-hydrogen) atoms. The number of imide groups is 1. The van der Waals surface area contributed by atoms with E-state index in [0.717, 1.165) is 4.90 Å². The molecule has 1 heterocycles. The first-order valence-corrected chi connectivity index (χ1v) is 7.56. The molecule has 1 fully saturated rings. The van der Waals surface area contributed by atoms with Crippen molar-refractivity contribution in [3.8, 4) is 0 Å². The Labute approximate surface area is 142 Å². The van der Waals surface area contributed by atoms with Gasteiger partial charge in [-0.25, -0.2) is 4.39 Å². The van der Waals surface area contributed by atoms with Gasteiger partial charge < -0.3 is 5.32 Å². The number of carbonyl (C=O) groups excluding carboxylic acids is 3. The van der Waals surface area contributed by atoms with E-state index in [0.29, 0.717) is 5.69 Å². The third-order valence-corrected chi connectivity index (χ3v) is 3.93. The molecular weight excluding hydrogens is 335 g/mol. The van der Waals surface area contributed by atoms with Crippen LogP contribution in [0.5, 0.6) is 0 Å². The van der Waals surface area contributed by atoms with Crippen LogP contribution in [0, 0.1) is 5.82 Å². The molecule has 0 aromatic heterocycles. The number of carbonyl (C=O) groups is 3. The fourth-order valence-corrected chi connectivity index (χ4v) is 2.60. The molecule has 3 amide bonds. The molecule has 3 rings (SSSR count). The van der Waals surface area contributed by atoms with Gasteiger partial charge in [0.15, 0.2) is 5.82 Å². The Balaban J connectivity index is 1.78. The van der Waals surface area contributed by atoms with Crippen LogP contribution in [0.2, 0.25) is 5.02 Å². The SMILES string of the molecule is O=C(Nc1cccc(Cl)c1F)c1ccc(N2C(=O)CCC2=O)cc1. The number of halogens is 2. The second-order valence-corrected chi connectivity index (χ2v) is 5.63. The first-order valence-electron chi connectivity index (χ1n) is 7.18. The minimum Gasteiger partial charge on any atom is -0.319 e. The second-order valence-electron chi connectivity index (χ2n) is 5.23. The van der Waals surface area contributed by atoms with E-state index in [1.54, 1.807) is 0 Å². The molecule has 0 radical (unpaired) electrons. The van der Waals surface area contributed by atoms with Crippen LogP contribution in [-0.2, 0) is 9.59 Å². The summed E-state index contributed by atoms with van der Waals surface area (Å²) in [6.45, 7) is 0. The van der Waals surface area contributed by atoms with Crippen LogP contribution in [0.3, 0.4) is 0 Å². The lowest BCUT2D eigenvalue weighted by Crippen LogP contribution is -2.28. The molecule has 0 bridgehead atoms. The number of nitrogens with zero attached hydrogens (tertiary/aromatic N) is 1. The summed E-state index contributed by atoms with van der Waals surface area (Å²) >= 11 is 5.67. The Bertz CT molecular complexity index is 820. The average molecular weight is 347 g/mol. The molecule has 1 aliphatic rings. The maximum atomic E-state index is 13.8. The standard InChI is InChI=1S/C17H12ClFN2O3/c18-12-2-1-3-13(16(12)19)20-17(24)10-4-6-11(7-5-10)21-14(22)8-9-15(21)23/h1-7H,8-9H2,(H,20,24). The van der Waals surface area contributed by atoms with Crippen molar-refractivity contribution in [2.75, 3.05) is 10.2 Å². The normalized spacial score (nSPS) is 14.2. The van der Waals surface area contributed by atoms with Gasteiger partial charge in [0.2, 0.25) is 11.8 Å². The van der Waals surface area contributed by atoms with Crippen molar-refractivity contribution in [1.29, 1.82) is 0 Å². The zero-order chi connectivity index (χ0) is 17.3. The summed E-state index contributed by atoms with van der Waals surface area (Å²) in [6, 6.07) is 10.2. The number of benzene rings is 2. The number of nitrogens with one attached hydrogen (secondary N) is 1. The van der Waals surface area contributed by atoms with Crippen LogP contribution >= 0.6 is 11.6 Å². The van der Waals surface area contributed by atoms with Crippen molar-refractivity contribution in [3.63, 3.8) is 0 Å². The van der Waals surface area contributed by atoms with Gasteiger partial charge in [0.1, 0.15) is 0 Å². The Morgan fingerprint density at radius 1 is 1.04 bits per heavy atom. The van der Waals surface area contributed by atoms with E-state index in [9.17, 15) is 18.8 Å². The van der Waals surface area contributed by atoms with Gasteiger partial charge in [-0.2, -0.15) is 0 Å². The fraction of sp³-hybridized carbons (Fsp3) is 0.118. The molecule has 1 aliphatic heterocycles. The number of hydrogen-bond acceptors (Lipinski definition) is 3. The lowest BCUT2D eigenvalue weighted by Gasteiger charge is -2.14. The predicted molar refractivity (Wildman–Crippen MR) is 87.5 cm³/mol. The highest BCUT2D eigenvalue weighted by Gasteiger charge is 2.30. The van der Waals surface area contributed by atoms with E-state index in [4.69, 9.17) is 11.6 Å². The molecule has 0 aliphatic carbocycles. The van der Waals surface area contributed by atoms with Gasteiger partial charge in [-0.1, -0.05) is 17.7 Å². The Morgan fingerprint density at radius 2 is 1.67 bits per heavy atom. The van der Waals surface area contributed by atoms with Crippen LogP contribution < -0.4 is 10.2 Å². The van der Waals surface area contributed by atoms with Crippen LogP contribution in [0.15, 0.2) is 42.5 Å². The molecule has 1 N–H and O–H groups in total. The number of rotatable bonds is 3. The molecule has 7 heteroatoms. The van der Waals surface area contributed by atoms with Gasteiger partial charge in [0.05, 0.1) is 16.4 Å². The van der Waals surface area contributed by atoms with Crippen molar-refractivity contribution in [3.05, 3.63) is 58.9 Å². The van der Waals surface area contributed by atoms with Crippen molar-refractivity contribution in [2.24, 2.45) is 0 Å². The minimum atomic E-state index is -0.711. The summed E-state index contributed by atoms with van der Waals surface area (Å²) in [5.41, 5.74) is 0.645. The molecule has 0 atom stereocenters. The molecule has 2 aromatic carbocycles. The number of hydrogen-bond donors (Lipinski definition) is 1. The first kappa shape index (κ1) is 16.1. The van der Waals surface area contributed by atoms with Gasteiger partial charge in [0, 0.05) is 18.4 Å². The summed E-state index contributed by atoms with van der Waals surface area (Å²) in [7, 11) is 0. The molecular formula is C17H12ClFN2O3. The Morgan fingerprint density at radius 3 is 2.29 bits per heavy atom. The van der Waals surface area contributed by atoms with E-state index in [-0.39, 0.29) is 40.9 Å². The zero-order valence-electron chi connectivity index (χ0n) is 12.4. The molecule has 5 nitrogen and oxygen atoms in total. The summed E-state index contributed by atoms with van der Waals surface area (Å²) < 4.78 is 13.8. The summed E-state index contributed by atoms with van der Waals surface area (Å²) in [4.78, 5) is 36.6. The predicted octanol–water partition coefficient (Wildman–Crippen LogP) is 3.38. The zero-order valence-corrected chi connectivity index (χ0v) is 13.1. The Kier molecular flexibility index (Phi) is 4.31. The molecule has 122 valence electrons. The van der Waals surface area contributed by atoms with Gasteiger partial charge in [-0.15, -0.1) is 0 Å². The van der Waals surface area contributed by atoms with Crippen molar-refractivity contribution in [1.82, 2.24) is 0 Å². The summed E-state index contributed by atoms with van der Waals surface area (Å²) in [5, 5.41) is 2.34. The first-order chi connectivity index (χ1) is 11.5. The van der Waals surface area contributed by atoms with E-state index in [2.05, 4.69) is 5.32 Å². The Hall–Kier alpha value is -2.73. The van der Waals surface area contributed by atoms with Crippen molar-refractivity contribution in [2.45, 2.75) is 12.8 Å². The number of anilines is 2. The largest absolute Gasteiger partial charge is 0.319 e. The summed E-state index contributed by atoms with van der Waals surface area (Å²) in [5.74, 6) is -1.77. The fourth-order valence-electron chi connectivity index (χ4n) is 2.42. The second kappa shape index (κ2) is 6.41. The highest BCUT2D eigenvalue weighted by Crippen LogP contribution is 2.24. The smallest absolute Gasteiger partial charge is 0.255 e. The average Bonchev–Trinajstić information content (AvgIpc) is 2.91. The van der Waals surface area contributed by atoms with Crippen LogP contribution in [0.4, 0.5) is 15.8 Å². The van der Waals surface area contributed by atoms with Crippen LogP contribution in [-0.4, -0.2) is 17.7 Å². The third-order valence-electron chi connectivity index (χ3n) is 3.64. The molecule has 1 saturated heterocycles. The molecule has 2 aromatic rings. The topological polar surface area (TPSA) is 66.5 Å². The van der Waals surface area contributed by atoms with Crippen LogP contribution in [0.1, 0.15) is 23.2 Å². The molecule has 0 spiro atoms. The summed E-state index contributed by atoms with van der Waals surface area (Å²) in [6.07, 6.45) is 0.379. The lowest BCUT2D eigenvalue weighted by molar-refractivity contribution is -0.121.